The predicted molar refractivity (Wildman–Crippen MR) is 61.6 cm³/mol. The Bertz CT molecular complexity index is 337. The molecule has 4 heteroatoms. The number of rotatable bonds is 2. The Hall–Kier alpha value is -1.32. The fourth-order valence-corrected chi connectivity index (χ4v) is 2.11. The summed E-state index contributed by atoms with van der Waals surface area (Å²) in [4.78, 5) is 10.6. The maximum Gasteiger partial charge on any atom is 0.171 e. The van der Waals surface area contributed by atoms with Crippen molar-refractivity contribution >= 4 is 11.6 Å². The molecule has 0 aliphatic carbocycles. The summed E-state index contributed by atoms with van der Waals surface area (Å²) in [5.74, 6) is 2.88. The first-order valence-electron chi connectivity index (χ1n) is 5.50. The topological polar surface area (TPSA) is 55.0 Å². The second-order valence-corrected chi connectivity index (χ2v) is 4.50. The molecule has 0 spiro atoms. The van der Waals surface area contributed by atoms with Crippen LogP contribution in [-0.4, -0.2) is 23.1 Å². The first kappa shape index (κ1) is 10.2. The zero-order valence-corrected chi connectivity index (χ0v) is 9.35. The minimum Gasteiger partial charge on any atom is -0.381 e. The Morgan fingerprint density at radius 1 is 1.40 bits per heavy atom. The van der Waals surface area contributed by atoms with E-state index >= 15 is 0 Å². The highest BCUT2D eigenvalue weighted by Crippen LogP contribution is 2.28. The van der Waals surface area contributed by atoms with E-state index in [0.717, 1.165) is 30.7 Å². The smallest absolute Gasteiger partial charge is 0.171 e. The highest BCUT2D eigenvalue weighted by Gasteiger charge is 2.26. The Balaban J connectivity index is 2.11. The number of hydrogen-bond acceptors (Lipinski definition) is 4. The van der Waals surface area contributed by atoms with Gasteiger partial charge in [0.15, 0.2) is 11.6 Å². The van der Waals surface area contributed by atoms with Crippen molar-refractivity contribution in [2.45, 2.75) is 20.3 Å². The van der Waals surface area contributed by atoms with Crippen molar-refractivity contribution < 1.29 is 0 Å². The van der Waals surface area contributed by atoms with E-state index in [-0.39, 0.29) is 0 Å². The van der Waals surface area contributed by atoms with E-state index in [1.807, 2.05) is 0 Å². The normalized spacial score (nSPS) is 21.3. The van der Waals surface area contributed by atoms with Gasteiger partial charge in [-0.05, 0) is 18.3 Å². The van der Waals surface area contributed by atoms with Crippen LogP contribution >= 0.6 is 0 Å². The zero-order chi connectivity index (χ0) is 10.8. The Morgan fingerprint density at radius 2 is 2.13 bits per heavy atom. The third-order valence-corrected chi connectivity index (χ3v) is 3.17. The van der Waals surface area contributed by atoms with Gasteiger partial charge < -0.3 is 10.6 Å². The third kappa shape index (κ3) is 2.03. The molecular weight excluding hydrogens is 188 g/mol. The summed E-state index contributed by atoms with van der Waals surface area (Å²) in [6.07, 6.45) is 4.57. The SMILES string of the molecule is CC(C)C1CCN(c2nccnc2N)C1. The van der Waals surface area contributed by atoms with Gasteiger partial charge in [0, 0.05) is 25.5 Å². The molecule has 1 aliphatic rings. The average molecular weight is 206 g/mol. The van der Waals surface area contributed by atoms with Gasteiger partial charge in [0.05, 0.1) is 0 Å². The third-order valence-electron chi connectivity index (χ3n) is 3.17. The molecule has 0 bridgehead atoms. The van der Waals surface area contributed by atoms with Crippen LogP contribution in [0.3, 0.4) is 0 Å². The van der Waals surface area contributed by atoms with Gasteiger partial charge in [-0.15, -0.1) is 0 Å². The lowest BCUT2D eigenvalue weighted by Gasteiger charge is -2.19. The summed E-state index contributed by atoms with van der Waals surface area (Å²) in [5, 5.41) is 0. The molecule has 0 amide bonds. The zero-order valence-electron chi connectivity index (χ0n) is 9.35. The van der Waals surface area contributed by atoms with Crippen molar-refractivity contribution in [3.05, 3.63) is 12.4 Å². The van der Waals surface area contributed by atoms with E-state index in [1.165, 1.54) is 6.42 Å². The minimum atomic E-state index is 0.543. The molecule has 2 N–H and O–H groups in total. The lowest BCUT2D eigenvalue weighted by molar-refractivity contribution is 0.422. The highest BCUT2D eigenvalue weighted by atomic mass is 15.2. The molecule has 1 unspecified atom stereocenters. The van der Waals surface area contributed by atoms with E-state index in [9.17, 15) is 0 Å². The summed E-state index contributed by atoms with van der Waals surface area (Å²) in [5.41, 5.74) is 5.81. The average Bonchev–Trinajstić information content (AvgIpc) is 2.67. The molecule has 15 heavy (non-hydrogen) atoms. The molecule has 0 radical (unpaired) electrons. The van der Waals surface area contributed by atoms with E-state index in [2.05, 4.69) is 28.7 Å². The molecule has 1 aromatic rings. The standard InChI is InChI=1S/C11H18N4/c1-8(2)9-3-6-15(7-9)11-10(12)13-4-5-14-11/h4-5,8-9H,3,6-7H2,1-2H3,(H2,12,13). The molecule has 2 rings (SSSR count). The molecule has 0 saturated carbocycles. The summed E-state index contributed by atoms with van der Waals surface area (Å²) in [6, 6.07) is 0. The van der Waals surface area contributed by atoms with Crippen LogP contribution in [0, 0.1) is 11.8 Å². The van der Waals surface area contributed by atoms with Crippen molar-refractivity contribution in [3.63, 3.8) is 0 Å². The molecule has 1 saturated heterocycles. The van der Waals surface area contributed by atoms with Gasteiger partial charge in [-0.3, -0.25) is 0 Å². The van der Waals surface area contributed by atoms with Gasteiger partial charge in [-0.1, -0.05) is 13.8 Å². The first-order valence-corrected chi connectivity index (χ1v) is 5.50. The predicted octanol–water partition coefficient (Wildman–Crippen LogP) is 1.54. The van der Waals surface area contributed by atoms with Gasteiger partial charge in [-0.25, -0.2) is 9.97 Å². The Kier molecular flexibility index (Phi) is 2.75. The van der Waals surface area contributed by atoms with Gasteiger partial charge in [0.1, 0.15) is 0 Å². The lowest BCUT2D eigenvalue weighted by atomic mass is 9.95. The number of hydrogen-bond donors (Lipinski definition) is 1. The second kappa shape index (κ2) is 4.04. The minimum absolute atomic E-state index is 0.543. The van der Waals surface area contributed by atoms with Gasteiger partial charge >= 0.3 is 0 Å². The monoisotopic (exact) mass is 206 g/mol. The highest BCUT2D eigenvalue weighted by molar-refractivity contribution is 5.57. The molecule has 2 heterocycles. The van der Waals surface area contributed by atoms with Crippen LogP contribution in [0.4, 0.5) is 11.6 Å². The molecule has 1 atom stereocenters. The first-order chi connectivity index (χ1) is 7.18. The summed E-state index contributed by atoms with van der Waals surface area (Å²) in [7, 11) is 0. The maximum absolute atomic E-state index is 5.81. The van der Waals surface area contributed by atoms with Crippen LogP contribution < -0.4 is 10.6 Å². The van der Waals surface area contributed by atoms with E-state index in [0.29, 0.717) is 5.82 Å². The quantitative estimate of drug-likeness (QED) is 0.797. The van der Waals surface area contributed by atoms with Crippen LogP contribution in [-0.2, 0) is 0 Å². The van der Waals surface area contributed by atoms with Crippen molar-refractivity contribution in [2.24, 2.45) is 11.8 Å². The number of anilines is 2. The van der Waals surface area contributed by atoms with E-state index in [4.69, 9.17) is 5.73 Å². The van der Waals surface area contributed by atoms with Crippen LogP contribution in [0.25, 0.3) is 0 Å². The van der Waals surface area contributed by atoms with Crippen molar-refractivity contribution in [3.8, 4) is 0 Å². The fraction of sp³-hybridized carbons (Fsp3) is 0.636. The largest absolute Gasteiger partial charge is 0.381 e. The Labute approximate surface area is 90.5 Å². The van der Waals surface area contributed by atoms with Crippen LogP contribution in [0.15, 0.2) is 12.4 Å². The van der Waals surface area contributed by atoms with Crippen LogP contribution in [0.1, 0.15) is 20.3 Å². The van der Waals surface area contributed by atoms with Gasteiger partial charge in [0.25, 0.3) is 0 Å². The summed E-state index contributed by atoms with van der Waals surface area (Å²) < 4.78 is 0. The summed E-state index contributed by atoms with van der Waals surface area (Å²) >= 11 is 0. The van der Waals surface area contributed by atoms with Crippen LogP contribution in [0.2, 0.25) is 0 Å². The van der Waals surface area contributed by atoms with Crippen LogP contribution in [0.5, 0.6) is 0 Å². The van der Waals surface area contributed by atoms with Gasteiger partial charge in [-0.2, -0.15) is 0 Å². The fourth-order valence-electron chi connectivity index (χ4n) is 2.11. The number of nitrogen functional groups attached to an aromatic ring is 1. The second-order valence-electron chi connectivity index (χ2n) is 4.50. The molecule has 1 aliphatic heterocycles. The molecule has 4 nitrogen and oxygen atoms in total. The Morgan fingerprint density at radius 3 is 2.73 bits per heavy atom. The van der Waals surface area contributed by atoms with Gasteiger partial charge in [0.2, 0.25) is 0 Å². The number of nitrogens with two attached hydrogens (primary N) is 1. The molecule has 1 aromatic heterocycles. The number of aromatic nitrogens is 2. The molecule has 0 aromatic carbocycles. The van der Waals surface area contributed by atoms with E-state index in [1.54, 1.807) is 12.4 Å². The molecular formula is C11H18N4. The number of nitrogens with zero attached hydrogens (tertiary/aromatic N) is 3. The summed E-state index contributed by atoms with van der Waals surface area (Å²) in [6.45, 7) is 6.65. The van der Waals surface area contributed by atoms with Crippen molar-refractivity contribution in [1.29, 1.82) is 0 Å². The van der Waals surface area contributed by atoms with Crippen molar-refractivity contribution in [2.75, 3.05) is 23.7 Å². The molecule has 82 valence electrons. The molecule has 1 fully saturated rings. The maximum atomic E-state index is 5.81. The lowest BCUT2D eigenvalue weighted by Crippen LogP contribution is -2.23. The van der Waals surface area contributed by atoms with E-state index < -0.39 is 0 Å². The van der Waals surface area contributed by atoms with Crippen molar-refractivity contribution in [1.82, 2.24) is 9.97 Å².